The number of carbonyl (C=O) groups excluding carboxylic acids is 1. The topological polar surface area (TPSA) is 49.3 Å². The Balaban J connectivity index is 1.42. The molecule has 2 aliphatic heterocycles. The Kier molecular flexibility index (Phi) is 5.44. The third kappa shape index (κ3) is 3.87. The molecule has 152 valence electrons. The van der Waals surface area contributed by atoms with Gasteiger partial charge in [-0.05, 0) is 32.1 Å². The zero-order valence-electron chi connectivity index (χ0n) is 16.8. The molecule has 0 bridgehead atoms. The van der Waals surface area contributed by atoms with Crippen molar-refractivity contribution in [3.05, 3.63) is 41.6 Å². The number of benzene rings is 1. The number of anilines is 1. The van der Waals surface area contributed by atoms with E-state index in [1.54, 1.807) is 0 Å². The second-order valence-corrected chi connectivity index (χ2v) is 9.46. The number of aromatic nitrogens is 2. The maximum Gasteiger partial charge on any atom is 0.227 e. The second-order valence-electron chi connectivity index (χ2n) is 8.24. The zero-order valence-corrected chi connectivity index (χ0v) is 17.7. The molecule has 3 heterocycles. The zero-order chi connectivity index (χ0) is 19.6. The summed E-state index contributed by atoms with van der Waals surface area (Å²) in [5, 5.41) is 0. The Morgan fingerprint density at radius 2 is 1.83 bits per heavy atom. The summed E-state index contributed by atoms with van der Waals surface area (Å²) in [6.07, 6.45) is 5.29. The van der Waals surface area contributed by atoms with Crippen molar-refractivity contribution in [2.45, 2.75) is 32.1 Å². The third-order valence-corrected chi connectivity index (χ3v) is 7.28. The van der Waals surface area contributed by atoms with E-state index >= 15 is 0 Å². The van der Waals surface area contributed by atoms with Gasteiger partial charge in [-0.3, -0.25) is 4.79 Å². The fourth-order valence-corrected chi connectivity index (χ4v) is 5.71. The molecule has 1 amide bonds. The lowest BCUT2D eigenvalue weighted by Gasteiger charge is -2.37. The van der Waals surface area contributed by atoms with E-state index in [0.717, 1.165) is 87.0 Å². The van der Waals surface area contributed by atoms with Crippen molar-refractivity contribution < 1.29 is 4.79 Å². The third-order valence-electron chi connectivity index (χ3n) is 6.34. The van der Waals surface area contributed by atoms with E-state index in [9.17, 15) is 4.79 Å². The van der Waals surface area contributed by atoms with Crippen LogP contribution in [0.3, 0.4) is 0 Å². The molecule has 6 heteroatoms. The highest BCUT2D eigenvalue weighted by Crippen LogP contribution is 2.34. The molecule has 0 spiro atoms. The lowest BCUT2D eigenvalue weighted by molar-refractivity contribution is -0.135. The number of fused-ring (bicyclic) bond motifs is 1. The first-order valence-corrected chi connectivity index (χ1v) is 12.0. The van der Waals surface area contributed by atoms with Gasteiger partial charge < -0.3 is 9.80 Å². The van der Waals surface area contributed by atoms with E-state index in [4.69, 9.17) is 9.97 Å². The summed E-state index contributed by atoms with van der Waals surface area (Å²) in [5.74, 6) is 4.49. The number of hydrogen-bond donors (Lipinski definition) is 0. The maximum absolute atomic E-state index is 13.1. The molecule has 0 saturated carbocycles. The van der Waals surface area contributed by atoms with E-state index < -0.39 is 0 Å². The Labute approximate surface area is 176 Å². The summed E-state index contributed by atoms with van der Waals surface area (Å²) in [6, 6.07) is 10.3. The SMILES string of the molecule is O=C(C1CCCN(c2nc(-c3ccccc3)nc3c2CCC3)C1)N1CCSCC1. The highest BCUT2D eigenvalue weighted by Gasteiger charge is 2.32. The minimum Gasteiger partial charge on any atom is -0.355 e. The molecule has 3 aliphatic rings. The number of aryl methyl sites for hydroxylation is 1. The van der Waals surface area contributed by atoms with E-state index in [-0.39, 0.29) is 5.92 Å². The smallest absolute Gasteiger partial charge is 0.227 e. The number of nitrogens with zero attached hydrogens (tertiary/aromatic N) is 4. The molecule has 1 aromatic heterocycles. The van der Waals surface area contributed by atoms with Crippen molar-refractivity contribution in [3.8, 4) is 11.4 Å². The van der Waals surface area contributed by atoms with Crippen LogP contribution in [0.25, 0.3) is 11.4 Å². The predicted octanol–water partition coefficient (Wildman–Crippen LogP) is 3.42. The molecule has 1 unspecified atom stereocenters. The quantitative estimate of drug-likeness (QED) is 0.779. The molecule has 1 aromatic carbocycles. The summed E-state index contributed by atoms with van der Waals surface area (Å²) < 4.78 is 0. The van der Waals surface area contributed by atoms with Gasteiger partial charge in [0.15, 0.2) is 5.82 Å². The number of amides is 1. The highest BCUT2D eigenvalue weighted by atomic mass is 32.2. The molecular formula is C23H28N4OS. The van der Waals surface area contributed by atoms with Crippen molar-refractivity contribution in [2.24, 2.45) is 5.92 Å². The normalized spacial score (nSPS) is 21.9. The minimum absolute atomic E-state index is 0.0963. The largest absolute Gasteiger partial charge is 0.355 e. The minimum atomic E-state index is 0.0963. The van der Waals surface area contributed by atoms with Gasteiger partial charge in [-0.15, -0.1) is 0 Å². The molecule has 2 saturated heterocycles. The monoisotopic (exact) mass is 408 g/mol. The molecular weight excluding hydrogens is 380 g/mol. The van der Waals surface area contributed by atoms with Gasteiger partial charge in [0.05, 0.1) is 5.92 Å². The van der Waals surface area contributed by atoms with Gasteiger partial charge >= 0.3 is 0 Å². The average Bonchev–Trinajstić information content (AvgIpc) is 3.28. The van der Waals surface area contributed by atoms with Crippen molar-refractivity contribution in [3.63, 3.8) is 0 Å². The average molecular weight is 409 g/mol. The Hall–Kier alpha value is -2.08. The van der Waals surface area contributed by atoms with Gasteiger partial charge in [0.25, 0.3) is 0 Å². The number of thioether (sulfide) groups is 1. The lowest BCUT2D eigenvalue weighted by Crippen LogP contribution is -2.47. The summed E-state index contributed by atoms with van der Waals surface area (Å²) in [4.78, 5) is 27.5. The molecule has 5 nitrogen and oxygen atoms in total. The van der Waals surface area contributed by atoms with Crippen molar-refractivity contribution in [2.75, 3.05) is 42.6 Å². The fraction of sp³-hybridized carbons (Fsp3) is 0.522. The number of rotatable bonds is 3. The molecule has 29 heavy (non-hydrogen) atoms. The molecule has 1 aliphatic carbocycles. The van der Waals surface area contributed by atoms with Gasteiger partial charge in [-0.2, -0.15) is 11.8 Å². The van der Waals surface area contributed by atoms with E-state index in [2.05, 4.69) is 21.9 Å². The van der Waals surface area contributed by atoms with Crippen LogP contribution in [0.15, 0.2) is 30.3 Å². The Morgan fingerprint density at radius 3 is 2.66 bits per heavy atom. The molecule has 0 N–H and O–H groups in total. The Bertz CT molecular complexity index is 882. The highest BCUT2D eigenvalue weighted by molar-refractivity contribution is 7.99. The Morgan fingerprint density at radius 1 is 1.00 bits per heavy atom. The predicted molar refractivity (Wildman–Crippen MR) is 118 cm³/mol. The molecule has 2 aromatic rings. The first-order chi connectivity index (χ1) is 14.3. The molecule has 5 rings (SSSR count). The number of hydrogen-bond acceptors (Lipinski definition) is 5. The first kappa shape index (κ1) is 18.9. The van der Waals surface area contributed by atoms with Crippen molar-refractivity contribution in [1.29, 1.82) is 0 Å². The summed E-state index contributed by atoms with van der Waals surface area (Å²) in [5.41, 5.74) is 3.58. The molecule has 1 atom stereocenters. The van der Waals surface area contributed by atoms with Crippen LogP contribution in [0.2, 0.25) is 0 Å². The van der Waals surface area contributed by atoms with Crippen molar-refractivity contribution >= 4 is 23.5 Å². The standard InChI is InChI=1S/C23H28N4OS/c28-23(26-12-14-29-15-13-26)18-8-5-11-27(16-18)22-19-9-4-10-20(19)24-21(25-22)17-6-2-1-3-7-17/h1-3,6-7,18H,4-5,8-16H2. The van der Waals surface area contributed by atoms with Gasteiger partial charge in [0.2, 0.25) is 5.91 Å². The van der Waals surface area contributed by atoms with Gasteiger partial charge in [0, 0.05) is 54.5 Å². The number of piperidine rings is 1. The van der Waals surface area contributed by atoms with Gasteiger partial charge in [-0.1, -0.05) is 30.3 Å². The first-order valence-electron chi connectivity index (χ1n) is 10.9. The second kappa shape index (κ2) is 8.34. The summed E-state index contributed by atoms with van der Waals surface area (Å²) >= 11 is 1.95. The van der Waals surface area contributed by atoms with Crippen LogP contribution in [0.4, 0.5) is 5.82 Å². The van der Waals surface area contributed by atoms with Crippen LogP contribution < -0.4 is 4.90 Å². The van der Waals surface area contributed by atoms with Gasteiger partial charge in [-0.25, -0.2) is 9.97 Å². The maximum atomic E-state index is 13.1. The number of carbonyl (C=O) groups is 1. The lowest BCUT2D eigenvalue weighted by atomic mass is 9.96. The van der Waals surface area contributed by atoms with Crippen LogP contribution in [0, 0.1) is 5.92 Å². The molecule has 2 fully saturated rings. The molecule has 0 radical (unpaired) electrons. The van der Waals surface area contributed by atoms with Gasteiger partial charge in [0.1, 0.15) is 5.82 Å². The van der Waals surface area contributed by atoms with E-state index in [0.29, 0.717) is 5.91 Å². The van der Waals surface area contributed by atoms with Crippen LogP contribution in [0.5, 0.6) is 0 Å². The summed E-state index contributed by atoms with van der Waals surface area (Å²) in [6.45, 7) is 3.58. The van der Waals surface area contributed by atoms with Crippen LogP contribution in [0.1, 0.15) is 30.5 Å². The fourth-order valence-electron chi connectivity index (χ4n) is 4.80. The van der Waals surface area contributed by atoms with Crippen molar-refractivity contribution in [1.82, 2.24) is 14.9 Å². The van der Waals surface area contributed by atoms with Crippen LogP contribution >= 0.6 is 11.8 Å². The van der Waals surface area contributed by atoms with Crippen LogP contribution in [-0.4, -0.2) is 58.5 Å². The summed E-state index contributed by atoms with van der Waals surface area (Å²) in [7, 11) is 0. The van der Waals surface area contributed by atoms with Crippen LogP contribution in [-0.2, 0) is 17.6 Å². The van der Waals surface area contributed by atoms with E-state index in [1.165, 1.54) is 11.3 Å². The van der Waals surface area contributed by atoms with E-state index in [1.807, 2.05) is 30.0 Å².